The number of aliphatic hydroxyl groups excluding tert-OH is 1. The van der Waals surface area contributed by atoms with Gasteiger partial charge in [-0.05, 0) is 30.0 Å². The van der Waals surface area contributed by atoms with Crippen molar-refractivity contribution >= 4 is 5.78 Å². The summed E-state index contributed by atoms with van der Waals surface area (Å²) < 4.78 is 0. The van der Waals surface area contributed by atoms with Crippen molar-refractivity contribution in [2.24, 2.45) is 0 Å². The number of Topliss-reactive ketones (excluding diaryl/α,β-unsaturated/α-hetero) is 1. The highest BCUT2D eigenvalue weighted by molar-refractivity contribution is 5.78. The second kappa shape index (κ2) is 4.91. The van der Waals surface area contributed by atoms with Crippen molar-refractivity contribution in [2.45, 2.75) is 33.3 Å². The fraction of sp³-hybridized carbons (Fsp3) is 0.417. The SMILES string of the molecule is CCc1ccc(CC(C)=O)cc1CO. The Morgan fingerprint density at radius 2 is 2.07 bits per heavy atom. The fourth-order valence-electron chi connectivity index (χ4n) is 1.57. The first-order valence-corrected chi connectivity index (χ1v) is 4.88. The second-order valence-electron chi connectivity index (χ2n) is 3.49. The Morgan fingerprint density at radius 1 is 1.36 bits per heavy atom. The summed E-state index contributed by atoms with van der Waals surface area (Å²) in [4.78, 5) is 10.9. The molecule has 0 aliphatic rings. The van der Waals surface area contributed by atoms with E-state index in [0.29, 0.717) is 6.42 Å². The van der Waals surface area contributed by atoms with Crippen LogP contribution in [0, 0.1) is 0 Å². The zero-order valence-corrected chi connectivity index (χ0v) is 8.71. The van der Waals surface area contributed by atoms with Gasteiger partial charge >= 0.3 is 0 Å². The van der Waals surface area contributed by atoms with Crippen molar-refractivity contribution in [2.75, 3.05) is 0 Å². The highest BCUT2D eigenvalue weighted by atomic mass is 16.3. The summed E-state index contributed by atoms with van der Waals surface area (Å²) in [6.07, 6.45) is 1.37. The van der Waals surface area contributed by atoms with Crippen LogP contribution in [0.4, 0.5) is 0 Å². The summed E-state index contributed by atoms with van der Waals surface area (Å²) in [5.41, 5.74) is 3.07. The molecule has 0 saturated heterocycles. The Balaban J connectivity index is 2.95. The van der Waals surface area contributed by atoms with E-state index < -0.39 is 0 Å². The van der Waals surface area contributed by atoms with E-state index in [1.165, 1.54) is 0 Å². The summed E-state index contributed by atoms with van der Waals surface area (Å²) in [5.74, 6) is 0.151. The number of rotatable bonds is 4. The number of hydrogen-bond acceptors (Lipinski definition) is 2. The van der Waals surface area contributed by atoms with Crippen LogP contribution in [0.2, 0.25) is 0 Å². The molecular formula is C12H16O2. The molecule has 1 N–H and O–H groups in total. The van der Waals surface area contributed by atoms with E-state index in [0.717, 1.165) is 23.1 Å². The molecule has 0 atom stereocenters. The molecule has 2 nitrogen and oxygen atoms in total. The van der Waals surface area contributed by atoms with E-state index in [2.05, 4.69) is 6.92 Å². The van der Waals surface area contributed by atoms with Gasteiger partial charge in [-0.2, -0.15) is 0 Å². The van der Waals surface area contributed by atoms with Crippen LogP contribution in [0.25, 0.3) is 0 Å². The number of aryl methyl sites for hydroxylation is 1. The number of hydrogen-bond donors (Lipinski definition) is 1. The van der Waals surface area contributed by atoms with Gasteiger partial charge in [0.05, 0.1) is 6.61 Å². The molecule has 1 rings (SSSR count). The lowest BCUT2D eigenvalue weighted by atomic mass is 10.00. The van der Waals surface area contributed by atoms with Crippen LogP contribution < -0.4 is 0 Å². The van der Waals surface area contributed by atoms with Gasteiger partial charge in [0, 0.05) is 6.42 Å². The van der Waals surface area contributed by atoms with E-state index in [4.69, 9.17) is 5.11 Å². The van der Waals surface area contributed by atoms with Gasteiger partial charge in [0.1, 0.15) is 5.78 Å². The first-order chi connectivity index (χ1) is 6.67. The minimum absolute atomic E-state index is 0.0505. The Kier molecular flexibility index (Phi) is 3.84. The molecule has 0 unspecified atom stereocenters. The third kappa shape index (κ3) is 2.67. The van der Waals surface area contributed by atoms with E-state index in [1.807, 2.05) is 18.2 Å². The highest BCUT2D eigenvalue weighted by Crippen LogP contribution is 2.13. The van der Waals surface area contributed by atoms with E-state index in [-0.39, 0.29) is 12.4 Å². The first-order valence-electron chi connectivity index (χ1n) is 4.88. The molecule has 76 valence electrons. The van der Waals surface area contributed by atoms with Gasteiger partial charge in [-0.15, -0.1) is 0 Å². The van der Waals surface area contributed by atoms with Crippen LogP contribution in [-0.4, -0.2) is 10.9 Å². The molecular weight excluding hydrogens is 176 g/mol. The number of carbonyl (C=O) groups is 1. The van der Waals surface area contributed by atoms with Gasteiger partial charge in [-0.1, -0.05) is 25.1 Å². The Hall–Kier alpha value is -1.15. The van der Waals surface area contributed by atoms with Gasteiger partial charge in [-0.3, -0.25) is 4.79 Å². The molecule has 14 heavy (non-hydrogen) atoms. The van der Waals surface area contributed by atoms with Gasteiger partial charge in [0.25, 0.3) is 0 Å². The van der Waals surface area contributed by atoms with E-state index in [9.17, 15) is 4.79 Å². The van der Waals surface area contributed by atoms with Crippen LogP contribution in [0.1, 0.15) is 30.5 Å². The molecule has 2 heteroatoms. The minimum atomic E-state index is 0.0505. The van der Waals surface area contributed by atoms with Crippen LogP contribution in [0.5, 0.6) is 0 Å². The van der Waals surface area contributed by atoms with E-state index in [1.54, 1.807) is 6.92 Å². The lowest BCUT2D eigenvalue weighted by Crippen LogP contribution is -1.99. The van der Waals surface area contributed by atoms with Crippen LogP contribution in [-0.2, 0) is 24.2 Å². The van der Waals surface area contributed by atoms with Gasteiger partial charge in [-0.25, -0.2) is 0 Å². The summed E-state index contributed by atoms with van der Waals surface area (Å²) >= 11 is 0. The minimum Gasteiger partial charge on any atom is -0.392 e. The smallest absolute Gasteiger partial charge is 0.134 e. The molecule has 0 saturated carbocycles. The standard InChI is InChI=1S/C12H16O2/c1-3-11-5-4-10(6-9(2)14)7-12(11)8-13/h4-5,7,13H,3,6,8H2,1-2H3. The van der Waals surface area contributed by atoms with Crippen LogP contribution in [0.3, 0.4) is 0 Å². The number of ketones is 1. The van der Waals surface area contributed by atoms with Crippen molar-refractivity contribution in [3.8, 4) is 0 Å². The van der Waals surface area contributed by atoms with E-state index >= 15 is 0 Å². The lowest BCUT2D eigenvalue weighted by molar-refractivity contribution is -0.116. The molecule has 0 bridgehead atoms. The maximum Gasteiger partial charge on any atom is 0.134 e. The molecule has 0 amide bonds. The summed E-state index contributed by atoms with van der Waals surface area (Å²) in [7, 11) is 0. The third-order valence-electron chi connectivity index (χ3n) is 2.27. The van der Waals surface area contributed by atoms with Crippen molar-refractivity contribution in [1.82, 2.24) is 0 Å². The number of aliphatic hydroxyl groups is 1. The summed E-state index contributed by atoms with van der Waals surface area (Å²) in [5, 5.41) is 9.12. The van der Waals surface area contributed by atoms with Crippen molar-refractivity contribution in [3.05, 3.63) is 34.9 Å². The molecule has 0 radical (unpaired) electrons. The molecule has 0 heterocycles. The first kappa shape index (κ1) is 10.9. The maximum atomic E-state index is 10.9. The predicted molar refractivity (Wildman–Crippen MR) is 56.1 cm³/mol. The number of carbonyl (C=O) groups excluding carboxylic acids is 1. The second-order valence-corrected chi connectivity index (χ2v) is 3.49. The quantitative estimate of drug-likeness (QED) is 0.790. The average molecular weight is 192 g/mol. The van der Waals surface area contributed by atoms with Gasteiger partial charge < -0.3 is 5.11 Å². The predicted octanol–water partition coefficient (Wildman–Crippen LogP) is 1.87. The monoisotopic (exact) mass is 192 g/mol. The van der Waals surface area contributed by atoms with Crippen LogP contribution in [0.15, 0.2) is 18.2 Å². The molecule has 0 aliphatic carbocycles. The zero-order valence-electron chi connectivity index (χ0n) is 8.71. The molecule has 0 aromatic heterocycles. The van der Waals surface area contributed by atoms with Crippen molar-refractivity contribution < 1.29 is 9.90 Å². The van der Waals surface area contributed by atoms with Gasteiger partial charge in [0.15, 0.2) is 0 Å². The summed E-state index contributed by atoms with van der Waals surface area (Å²) in [6, 6.07) is 5.86. The molecule has 0 fully saturated rings. The Bertz CT molecular complexity index is 329. The average Bonchev–Trinajstić information content (AvgIpc) is 2.16. The molecule has 0 aliphatic heterocycles. The zero-order chi connectivity index (χ0) is 10.6. The number of benzene rings is 1. The molecule has 0 spiro atoms. The maximum absolute atomic E-state index is 10.9. The lowest BCUT2D eigenvalue weighted by Gasteiger charge is -2.07. The molecule has 1 aromatic carbocycles. The third-order valence-corrected chi connectivity index (χ3v) is 2.27. The van der Waals surface area contributed by atoms with Crippen molar-refractivity contribution in [3.63, 3.8) is 0 Å². The Labute approximate surface area is 84.6 Å². The van der Waals surface area contributed by atoms with Crippen LogP contribution >= 0.6 is 0 Å². The van der Waals surface area contributed by atoms with Crippen molar-refractivity contribution in [1.29, 1.82) is 0 Å². The topological polar surface area (TPSA) is 37.3 Å². The largest absolute Gasteiger partial charge is 0.392 e. The fourth-order valence-corrected chi connectivity index (χ4v) is 1.57. The normalized spacial score (nSPS) is 10.2. The highest BCUT2D eigenvalue weighted by Gasteiger charge is 2.03. The Morgan fingerprint density at radius 3 is 2.57 bits per heavy atom. The van der Waals surface area contributed by atoms with Gasteiger partial charge in [0.2, 0.25) is 0 Å². The summed E-state index contributed by atoms with van der Waals surface area (Å²) in [6.45, 7) is 3.68. The molecule has 1 aromatic rings.